The number of nitrogens with one attached hydrogen (secondary N) is 2. The number of sulfonamides is 1. The molecule has 4 rings (SSSR count). The molecular weight excluding hydrogens is 561 g/mol. The molecule has 0 unspecified atom stereocenters. The molecule has 2 aromatic carbocycles. The van der Waals surface area contributed by atoms with Crippen molar-refractivity contribution >= 4 is 45.0 Å². The van der Waals surface area contributed by atoms with Crippen LogP contribution in [0, 0.1) is 0 Å². The lowest BCUT2D eigenvalue weighted by Crippen LogP contribution is -2.43. The summed E-state index contributed by atoms with van der Waals surface area (Å²) in [6.45, 7) is 0. The number of hydrogen-bond acceptors (Lipinski definition) is 7. The molecule has 1 fully saturated rings. The SMILES string of the molecule is COc1ccc(Cc2c(Cl)cc(-n3nc(C(F)F)c(=O)[nH]c3=O)cc2Cl)cc1S(=O)(=O)NC1CSC1. The Morgan fingerprint density at radius 3 is 2.44 bits per heavy atom. The van der Waals surface area contributed by atoms with Gasteiger partial charge in [0.1, 0.15) is 10.6 Å². The average molecular weight is 579 g/mol. The molecule has 1 aromatic heterocycles. The van der Waals surface area contributed by atoms with Crippen molar-refractivity contribution in [3.8, 4) is 11.4 Å². The van der Waals surface area contributed by atoms with Gasteiger partial charge in [-0.05, 0) is 35.4 Å². The Kier molecular flexibility index (Phi) is 7.76. The number of methoxy groups -OCH3 is 1. The van der Waals surface area contributed by atoms with Crippen molar-refractivity contribution in [2.24, 2.45) is 0 Å². The predicted molar refractivity (Wildman–Crippen MR) is 133 cm³/mol. The van der Waals surface area contributed by atoms with Gasteiger partial charge >= 0.3 is 5.69 Å². The normalized spacial score (nSPS) is 14.2. The first-order valence-electron chi connectivity index (χ1n) is 10.3. The average Bonchev–Trinajstić information content (AvgIpc) is 2.78. The highest BCUT2D eigenvalue weighted by atomic mass is 35.5. The molecule has 36 heavy (non-hydrogen) atoms. The first-order valence-corrected chi connectivity index (χ1v) is 13.7. The second kappa shape index (κ2) is 10.5. The molecule has 192 valence electrons. The Labute approximate surface area is 217 Å². The number of nitrogens with zero attached hydrogens (tertiary/aromatic N) is 2. The number of aromatic nitrogens is 3. The second-order valence-corrected chi connectivity index (χ2v) is 11.3. The maximum atomic E-state index is 13.1. The van der Waals surface area contributed by atoms with Crippen LogP contribution < -0.4 is 20.7 Å². The molecule has 0 aliphatic carbocycles. The van der Waals surface area contributed by atoms with Crippen molar-refractivity contribution in [3.05, 3.63) is 78.0 Å². The monoisotopic (exact) mass is 578 g/mol. The topological polar surface area (TPSA) is 123 Å². The summed E-state index contributed by atoms with van der Waals surface area (Å²) in [6, 6.07) is 7.03. The van der Waals surface area contributed by atoms with Crippen molar-refractivity contribution in [1.29, 1.82) is 0 Å². The van der Waals surface area contributed by atoms with Crippen LogP contribution in [0.2, 0.25) is 10.0 Å². The fourth-order valence-electron chi connectivity index (χ4n) is 3.44. The quantitative estimate of drug-likeness (QED) is 0.421. The van der Waals surface area contributed by atoms with Crippen LogP contribution in [0.15, 0.2) is 44.8 Å². The first kappa shape index (κ1) is 26.6. The zero-order valence-corrected chi connectivity index (χ0v) is 21.6. The molecule has 0 atom stereocenters. The summed E-state index contributed by atoms with van der Waals surface area (Å²) >= 11 is 14.4. The smallest absolute Gasteiger partial charge is 0.349 e. The van der Waals surface area contributed by atoms with E-state index in [-0.39, 0.29) is 38.8 Å². The highest BCUT2D eigenvalue weighted by Crippen LogP contribution is 2.32. The number of benzene rings is 2. The molecule has 1 saturated heterocycles. The van der Waals surface area contributed by atoms with Crippen LogP contribution in [0.3, 0.4) is 0 Å². The van der Waals surface area contributed by atoms with E-state index in [1.54, 1.807) is 22.8 Å². The van der Waals surface area contributed by atoms with Crippen LogP contribution in [0.1, 0.15) is 23.2 Å². The molecule has 3 aromatic rings. The van der Waals surface area contributed by atoms with Crippen LogP contribution in [0.5, 0.6) is 5.75 Å². The number of H-pyrrole nitrogens is 1. The lowest BCUT2D eigenvalue weighted by Gasteiger charge is -2.26. The highest BCUT2D eigenvalue weighted by Gasteiger charge is 2.28. The van der Waals surface area contributed by atoms with Gasteiger partial charge in [0, 0.05) is 34.0 Å². The Morgan fingerprint density at radius 2 is 1.89 bits per heavy atom. The van der Waals surface area contributed by atoms with Gasteiger partial charge in [-0.1, -0.05) is 29.3 Å². The summed E-state index contributed by atoms with van der Waals surface area (Å²) in [5, 5.41) is 3.58. The number of alkyl halides is 2. The molecular formula is C21H18Cl2F2N4O5S2. The predicted octanol–water partition coefficient (Wildman–Crippen LogP) is 3.16. The van der Waals surface area contributed by atoms with Gasteiger partial charge in [-0.3, -0.25) is 9.78 Å². The molecule has 0 bridgehead atoms. The van der Waals surface area contributed by atoms with Crippen LogP contribution in [-0.4, -0.2) is 47.8 Å². The maximum absolute atomic E-state index is 13.1. The number of hydrogen-bond donors (Lipinski definition) is 2. The van der Waals surface area contributed by atoms with E-state index in [9.17, 15) is 26.8 Å². The van der Waals surface area contributed by atoms with Crippen LogP contribution >= 0.6 is 35.0 Å². The van der Waals surface area contributed by atoms with Crippen molar-refractivity contribution in [2.45, 2.75) is 23.8 Å². The van der Waals surface area contributed by atoms with E-state index >= 15 is 0 Å². The van der Waals surface area contributed by atoms with Crippen molar-refractivity contribution in [1.82, 2.24) is 19.5 Å². The zero-order chi connectivity index (χ0) is 26.2. The molecule has 0 saturated carbocycles. The summed E-state index contributed by atoms with van der Waals surface area (Å²) in [4.78, 5) is 25.4. The highest BCUT2D eigenvalue weighted by molar-refractivity contribution is 8.01. The number of aromatic amines is 1. The Bertz CT molecular complexity index is 1520. The van der Waals surface area contributed by atoms with E-state index < -0.39 is 33.4 Å². The molecule has 1 aliphatic heterocycles. The number of ether oxygens (including phenoxy) is 1. The van der Waals surface area contributed by atoms with Gasteiger partial charge in [-0.2, -0.15) is 21.5 Å². The molecule has 0 radical (unpaired) electrons. The summed E-state index contributed by atoms with van der Waals surface area (Å²) in [5.41, 5.74) is -2.58. The fourth-order valence-corrected chi connectivity index (χ4v) is 6.36. The zero-order valence-electron chi connectivity index (χ0n) is 18.4. The largest absolute Gasteiger partial charge is 0.495 e. The first-order chi connectivity index (χ1) is 17.0. The van der Waals surface area contributed by atoms with E-state index in [1.165, 1.54) is 31.4 Å². The summed E-state index contributed by atoms with van der Waals surface area (Å²) in [5.74, 6) is 1.54. The number of halogens is 4. The minimum atomic E-state index is -3.85. The van der Waals surface area contributed by atoms with Gasteiger partial charge in [-0.15, -0.1) is 0 Å². The number of thioether (sulfide) groups is 1. The van der Waals surface area contributed by atoms with Gasteiger partial charge in [0.2, 0.25) is 10.0 Å². The Balaban J connectivity index is 1.69. The molecule has 9 nitrogen and oxygen atoms in total. The lowest BCUT2D eigenvalue weighted by atomic mass is 10.0. The van der Waals surface area contributed by atoms with Gasteiger partial charge in [0.05, 0.1) is 12.8 Å². The molecule has 0 amide bonds. The Morgan fingerprint density at radius 1 is 1.22 bits per heavy atom. The molecule has 15 heteroatoms. The van der Waals surface area contributed by atoms with Crippen molar-refractivity contribution in [2.75, 3.05) is 18.6 Å². The van der Waals surface area contributed by atoms with E-state index in [2.05, 4.69) is 9.82 Å². The second-order valence-electron chi connectivity index (χ2n) is 7.76. The van der Waals surface area contributed by atoms with Crippen molar-refractivity contribution < 1.29 is 21.9 Å². The van der Waals surface area contributed by atoms with Gasteiger partial charge in [-0.25, -0.2) is 26.7 Å². The lowest BCUT2D eigenvalue weighted by molar-refractivity contribution is 0.141. The van der Waals surface area contributed by atoms with Gasteiger partial charge < -0.3 is 4.74 Å². The van der Waals surface area contributed by atoms with Gasteiger partial charge in [0.15, 0.2) is 5.69 Å². The molecule has 2 N–H and O–H groups in total. The van der Waals surface area contributed by atoms with E-state index in [0.29, 0.717) is 27.3 Å². The van der Waals surface area contributed by atoms with E-state index in [1.807, 2.05) is 0 Å². The minimum absolute atomic E-state index is 0.0354. The van der Waals surface area contributed by atoms with E-state index in [0.717, 1.165) is 0 Å². The summed E-state index contributed by atoms with van der Waals surface area (Å²) < 4.78 is 60.4. The summed E-state index contributed by atoms with van der Waals surface area (Å²) in [7, 11) is -2.48. The Hall–Kier alpha value is -2.45. The molecule has 1 aliphatic rings. The molecule has 0 spiro atoms. The van der Waals surface area contributed by atoms with Crippen LogP contribution in [0.4, 0.5) is 8.78 Å². The van der Waals surface area contributed by atoms with Gasteiger partial charge in [0.25, 0.3) is 12.0 Å². The summed E-state index contributed by atoms with van der Waals surface area (Å²) in [6.07, 6.45) is -3.09. The minimum Gasteiger partial charge on any atom is -0.495 e. The van der Waals surface area contributed by atoms with Crippen molar-refractivity contribution in [3.63, 3.8) is 0 Å². The third-order valence-corrected chi connectivity index (χ3v) is 8.78. The van der Waals surface area contributed by atoms with E-state index in [4.69, 9.17) is 27.9 Å². The standard InChI is InChI=1S/C21H18Cl2F2N4O5S2/c1-34-16-3-2-10(5-17(16)36(32,33)28-11-8-35-9-11)4-13-14(22)6-12(7-15(13)23)29-21(31)26-20(30)18(27-29)19(24)25/h2-3,5-7,11,19,28H,4,8-9H2,1H3,(H,26,30,31). The van der Waals surface area contributed by atoms with Crippen LogP contribution in [0.25, 0.3) is 5.69 Å². The van der Waals surface area contributed by atoms with Crippen LogP contribution in [-0.2, 0) is 16.4 Å². The number of rotatable bonds is 8. The third-order valence-electron chi connectivity index (χ3n) is 5.29. The maximum Gasteiger partial charge on any atom is 0.349 e. The fraction of sp³-hybridized carbons (Fsp3) is 0.286. The third kappa shape index (κ3) is 5.44. The molecule has 2 heterocycles.